The van der Waals surface area contributed by atoms with Crippen molar-refractivity contribution in [2.24, 2.45) is 0 Å². The van der Waals surface area contributed by atoms with Gasteiger partial charge in [0.05, 0.1) is 5.69 Å². The second kappa shape index (κ2) is 7.69. The van der Waals surface area contributed by atoms with Crippen LogP contribution in [0.25, 0.3) is 21.5 Å². The Bertz CT molecular complexity index is 1210. The topological polar surface area (TPSA) is 69.4 Å². The number of rotatable bonds is 5. The molecule has 0 atom stereocenters. The highest BCUT2D eigenvalue weighted by molar-refractivity contribution is 7.17. The number of aryl methyl sites for hydroxylation is 2. The highest BCUT2D eigenvalue weighted by Crippen LogP contribution is 2.30. The van der Waals surface area contributed by atoms with Crippen LogP contribution in [0.1, 0.15) is 33.4 Å². The van der Waals surface area contributed by atoms with E-state index >= 15 is 0 Å². The summed E-state index contributed by atoms with van der Waals surface area (Å²) in [4.78, 5) is 29.4. The van der Waals surface area contributed by atoms with Gasteiger partial charge in [0.25, 0.3) is 0 Å². The van der Waals surface area contributed by atoms with Crippen LogP contribution in [0.5, 0.6) is 0 Å². The molecule has 1 aromatic carbocycles. The zero-order valence-corrected chi connectivity index (χ0v) is 17.0. The SMILES string of the molecule is CCc1ccc2c(COC(=O)c3sc(-c4ccsc4)nc3C)cc(=O)oc2c1. The maximum absolute atomic E-state index is 12.6. The zero-order valence-electron chi connectivity index (χ0n) is 15.4. The Labute approximate surface area is 169 Å². The van der Waals surface area contributed by atoms with Gasteiger partial charge in [0.15, 0.2) is 0 Å². The van der Waals surface area contributed by atoms with E-state index in [9.17, 15) is 9.59 Å². The van der Waals surface area contributed by atoms with Gasteiger partial charge in [-0.05, 0) is 36.4 Å². The first-order chi connectivity index (χ1) is 13.5. The van der Waals surface area contributed by atoms with Crippen LogP contribution < -0.4 is 5.63 Å². The predicted molar refractivity (Wildman–Crippen MR) is 111 cm³/mol. The maximum atomic E-state index is 12.6. The number of benzene rings is 1. The number of ether oxygens (including phenoxy) is 1. The molecule has 3 aromatic heterocycles. The summed E-state index contributed by atoms with van der Waals surface area (Å²) in [6, 6.07) is 9.07. The molecule has 142 valence electrons. The van der Waals surface area contributed by atoms with Crippen molar-refractivity contribution in [2.75, 3.05) is 0 Å². The molecule has 0 unspecified atom stereocenters. The lowest BCUT2D eigenvalue weighted by atomic mass is 10.1. The summed E-state index contributed by atoms with van der Waals surface area (Å²) < 4.78 is 10.8. The second-order valence-electron chi connectivity index (χ2n) is 6.30. The minimum Gasteiger partial charge on any atom is -0.457 e. The molecule has 4 rings (SSSR count). The quantitative estimate of drug-likeness (QED) is 0.333. The van der Waals surface area contributed by atoms with Crippen LogP contribution in [-0.2, 0) is 17.8 Å². The van der Waals surface area contributed by atoms with Crippen LogP contribution in [0.4, 0.5) is 0 Å². The van der Waals surface area contributed by atoms with E-state index in [0.29, 0.717) is 21.7 Å². The zero-order chi connectivity index (χ0) is 19.7. The molecule has 3 heterocycles. The molecule has 0 saturated heterocycles. The van der Waals surface area contributed by atoms with Gasteiger partial charge in [0, 0.05) is 28.0 Å². The van der Waals surface area contributed by atoms with Gasteiger partial charge >= 0.3 is 11.6 Å². The van der Waals surface area contributed by atoms with Gasteiger partial charge in [0.1, 0.15) is 22.1 Å². The molecule has 0 fully saturated rings. The number of hydrogen-bond acceptors (Lipinski definition) is 7. The van der Waals surface area contributed by atoms with E-state index in [1.807, 2.05) is 41.9 Å². The van der Waals surface area contributed by atoms with Crippen molar-refractivity contribution in [3.05, 3.63) is 73.2 Å². The third-order valence-corrected chi connectivity index (χ3v) is 6.28. The van der Waals surface area contributed by atoms with Crippen LogP contribution in [0.2, 0.25) is 0 Å². The fourth-order valence-corrected chi connectivity index (χ4v) is 4.59. The molecule has 5 nitrogen and oxygen atoms in total. The third-order valence-electron chi connectivity index (χ3n) is 4.41. The lowest BCUT2D eigenvalue weighted by molar-refractivity contribution is 0.0478. The van der Waals surface area contributed by atoms with Crippen LogP contribution in [0.3, 0.4) is 0 Å². The Morgan fingerprint density at radius 2 is 2.11 bits per heavy atom. The number of hydrogen-bond donors (Lipinski definition) is 0. The van der Waals surface area contributed by atoms with E-state index < -0.39 is 11.6 Å². The summed E-state index contributed by atoms with van der Waals surface area (Å²) in [5.41, 5.74) is 3.39. The van der Waals surface area contributed by atoms with Crippen LogP contribution >= 0.6 is 22.7 Å². The Hall–Kier alpha value is -2.77. The van der Waals surface area contributed by atoms with Gasteiger partial charge in [-0.1, -0.05) is 19.1 Å². The first kappa shape index (κ1) is 18.6. The lowest BCUT2D eigenvalue weighted by Gasteiger charge is -2.07. The highest BCUT2D eigenvalue weighted by atomic mass is 32.1. The molecule has 7 heteroatoms. The van der Waals surface area contributed by atoms with Crippen molar-refractivity contribution in [3.8, 4) is 10.6 Å². The fraction of sp³-hybridized carbons (Fsp3) is 0.190. The Kier molecular flexibility index (Phi) is 5.11. The Balaban J connectivity index is 1.58. The number of aromatic nitrogens is 1. The largest absolute Gasteiger partial charge is 0.457 e. The highest BCUT2D eigenvalue weighted by Gasteiger charge is 2.18. The van der Waals surface area contributed by atoms with Crippen LogP contribution in [0, 0.1) is 6.92 Å². The van der Waals surface area contributed by atoms with Gasteiger partial charge < -0.3 is 9.15 Å². The average molecular weight is 412 g/mol. The number of nitrogens with zero attached hydrogens (tertiary/aromatic N) is 1. The summed E-state index contributed by atoms with van der Waals surface area (Å²) in [7, 11) is 0. The molecule has 0 aliphatic carbocycles. The minimum absolute atomic E-state index is 0.00245. The maximum Gasteiger partial charge on any atom is 0.350 e. The van der Waals surface area contributed by atoms with Gasteiger partial charge in [-0.15, -0.1) is 11.3 Å². The molecule has 0 aliphatic heterocycles. The first-order valence-electron chi connectivity index (χ1n) is 8.78. The molecule has 0 aliphatic rings. The summed E-state index contributed by atoms with van der Waals surface area (Å²) in [5.74, 6) is -0.442. The van der Waals surface area contributed by atoms with Crippen molar-refractivity contribution in [3.63, 3.8) is 0 Å². The van der Waals surface area contributed by atoms with Crippen molar-refractivity contribution >= 4 is 39.6 Å². The number of carbonyl (C=O) groups is 1. The minimum atomic E-state index is -0.458. The average Bonchev–Trinajstić information content (AvgIpc) is 3.34. The number of esters is 1. The van der Waals surface area contributed by atoms with Crippen molar-refractivity contribution in [1.29, 1.82) is 0 Å². The summed E-state index contributed by atoms with van der Waals surface area (Å²) >= 11 is 2.90. The van der Waals surface area contributed by atoms with Crippen molar-refractivity contribution < 1.29 is 13.9 Å². The molecular formula is C21H17NO4S2. The standard InChI is InChI=1S/C21H17NO4S2/c1-3-13-4-5-16-15(9-18(23)26-17(16)8-13)10-25-21(24)19-12(2)22-20(28-19)14-6-7-27-11-14/h4-9,11H,3,10H2,1-2H3. The molecule has 0 N–H and O–H groups in total. The molecular weight excluding hydrogens is 394 g/mol. The summed E-state index contributed by atoms with van der Waals surface area (Å²) in [5, 5.41) is 5.53. The molecule has 0 spiro atoms. The van der Waals surface area contributed by atoms with E-state index in [1.54, 1.807) is 18.3 Å². The Morgan fingerprint density at radius 3 is 2.86 bits per heavy atom. The predicted octanol–water partition coefficient (Wildman–Crippen LogP) is 5.21. The number of thiazole rings is 1. The monoisotopic (exact) mass is 411 g/mol. The smallest absolute Gasteiger partial charge is 0.350 e. The third kappa shape index (κ3) is 3.63. The van der Waals surface area contributed by atoms with E-state index in [1.165, 1.54) is 17.4 Å². The van der Waals surface area contributed by atoms with Gasteiger partial charge in [-0.25, -0.2) is 14.6 Å². The van der Waals surface area contributed by atoms with Gasteiger partial charge in [-0.2, -0.15) is 11.3 Å². The van der Waals surface area contributed by atoms with E-state index in [-0.39, 0.29) is 6.61 Å². The first-order valence-corrected chi connectivity index (χ1v) is 10.5. The molecule has 0 amide bonds. The fourth-order valence-electron chi connectivity index (χ4n) is 2.92. The normalized spacial score (nSPS) is 11.1. The molecule has 0 bridgehead atoms. The van der Waals surface area contributed by atoms with Crippen LogP contribution in [-0.4, -0.2) is 11.0 Å². The number of carbonyl (C=O) groups excluding carboxylic acids is 1. The lowest BCUT2D eigenvalue weighted by Crippen LogP contribution is -2.08. The van der Waals surface area contributed by atoms with Crippen molar-refractivity contribution in [1.82, 2.24) is 4.98 Å². The number of thiophene rings is 1. The number of fused-ring (bicyclic) bond motifs is 1. The second-order valence-corrected chi connectivity index (χ2v) is 8.08. The molecule has 28 heavy (non-hydrogen) atoms. The molecule has 0 radical (unpaired) electrons. The van der Waals surface area contributed by atoms with Gasteiger partial charge in [-0.3, -0.25) is 0 Å². The Morgan fingerprint density at radius 1 is 1.25 bits per heavy atom. The van der Waals surface area contributed by atoms with E-state index in [4.69, 9.17) is 9.15 Å². The van der Waals surface area contributed by atoms with Crippen LogP contribution in [0.15, 0.2) is 50.3 Å². The molecule has 0 saturated carbocycles. The van der Waals surface area contributed by atoms with E-state index in [0.717, 1.165) is 27.9 Å². The summed E-state index contributed by atoms with van der Waals surface area (Å²) in [6.07, 6.45) is 0.843. The van der Waals surface area contributed by atoms with Crippen molar-refractivity contribution in [2.45, 2.75) is 26.9 Å². The van der Waals surface area contributed by atoms with E-state index in [2.05, 4.69) is 4.98 Å². The van der Waals surface area contributed by atoms with Gasteiger partial charge in [0.2, 0.25) is 0 Å². The summed E-state index contributed by atoms with van der Waals surface area (Å²) in [6.45, 7) is 3.83. The molecule has 4 aromatic rings.